The van der Waals surface area contributed by atoms with Crippen LogP contribution in [0.5, 0.6) is 0 Å². The van der Waals surface area contributed by atoms with Crippen molar-refractivity contribution in [1.82, 2.24) is 0 Å². The molecule has 0 radical (unpaired) electrons. The van der Waals surface area contributed by atoms with Gasteiger partial charge in [-0.15, -0.1) is 0 Å². The van der Waals surface area contributed by atoms with Crippen LogP contribution in [0.1, 0.15) is 25.5 Å². The highest BCUT2D eigenvalue weighted by molar-refractivity contribution is 9.10. The predicted octanol–water partition coefficient (Wildman–Crippen LogP) is 3.10. The van der Waals surface area contributed by atoms with Gasteiger partial charge in [0.05, 0.1) is 18.1 Å². The molecule has 1 aromatic rings. The van der Waals surface area contributed by atoms with E-state index in [0.29, 0.717) is 6.54 Å². The molecule has 0 aliphatic carbocycles. The minimum Gasteiger partial charge on any atom is -0.389 e. The van der Waals surface area contributed by atoms with Crippen LogP contribution in [0.2, 0.25) is 0 Å². The number of hydrogen-bond donors (Lipinski definition) is 1. The maximum Gasteiger partial charge on any atom is 0.0782 e. The third-order valence-corrected chi connectivity index (χ3v) is 3.11. The second-order valence-corrected chi connectivity index (χ2v) is 5.21. The highest BCUT2D eigenvalue weighted by Gasteiger charge is 2.13. The second kappa shape index (κ2) is 6.04. The third kappa shape index (κ3) is 3.72. The Morgan fingerprint density at radius 3 is 2.65 bits per heavy atom. The maximum atomic E-state index is 9.76. The molecule has 0 aliphatic rings. The summed E-state index contributed by atoms with van der Waals surface area (Å²) < 4.78 is 0.943. The second-order valence-electron chi connectivity index (χ2n) is 4.29. The van der Waals surface area contributed by atoms with Crippen molar-refractivity contribution >= 4 is 21.6 Å². The molecule has 0 saturated heterocycles. The fourth-order valence-electron chi connectivity index (χ4n) is 1.76. The molecule has 0 aromatic heterocycles. The van der Waals surface area contributed by atoms with Crippen LogP contribution in [0.25, 0.3) is 0 Å². The smallest absolute Gasteiger partial charge is 0.0782 e. The Morgan fingerprint density at radius 2 is 2.12 bits per heavy atom. The zero-order valence-electron chi connectivity index (χ0n) is 10.3. The highest BCUT2D eigenvalue weighted by Crippen LogP contribution is 2.29. The van der Waals surface area contributed by atoms with E-state index in [4.69, 9.17) is 5.26 Å². The summed E-state index contributed by atoms with van der Waals surface area (Å²) in [6, 6.07) is 8.02. The van der Waals surface area contributed by atoms with Crippen LogP contribution in [0, 0.1) is 17.2 Å². The molecule has 1 rings (SSSR count). The van der Waals surface area contributed by atoms with Gasteiger partial charge >= 0.3 is 0 Å². The topological polar surface area (TPSA) is 47.3 Å². The lowest BCUT2D eigenvalue weighted by molar-refractivity contribution is 0.199. The summed E-state index contributed by atoms with van der Waals surface area (Å²) in [5, 5.41) is 18.6. The summed E-state index contributed by atoms with van der Waals surface area (Å²) in [5.74, 6) is -0.0366. The molecule has 2 atom stereocenters. The van der Waals surface area contributed by atoms with Gasteiger partial charge in [-0.05, 0) is 32.0 Å². The standard InChI is InChI=1S/C13H17BrN2O/c1-9(7-15)8-16(3)13-5-4-11(14)6-12(13)10(2)17/h4-6,9-10,17H,8H2,1-3H3. The third-order valence-electron chi connectivity index (χ3n) is 2.62. The van der Waals surface area contributed by atoms with Crippen molar-refractivity contribution in [2.45, 2.75) is 20.0 Å². The number of aliphatic hydroxyl groups is 1. The van der Waals surface area contributed by atoms with Gasteiger partial charge in [-0.1, -0.05) is 15.9 Å². The van der Waals surface area contributed by atoms with Crippen molar-refractivity contribution < 1.29 is 5.11 Å². The number of aliphatic hydroxyl groups excluding tert-OH is 1. The van der Waals surface area contributed by atoms with Crippen molar-refractivity contribution in [2.24, 2.45) is 5.92 Å². The Kier molecular flexibility index (Phi) is 4.98. The molecule has 92 valence electrons. The zero-order chi connectivity index (χ0) is 13.0. The Bertz CT molecular complexity index is 426. The summed E-state index contributed by atoms with van der Waals surface area (Å²) in [5.41, 5.74) is 1.83. The van der Waals surface area contributed by atoms with E-state index in [9.17, 15) is 5.11 Å². The Labute approximate surface area is 111 Å². The van der Waals surface area contributed by atoms with Crippen LogP contribution in [0.3, 0.4) is 0 Å². The van der Waals surface area contributed by atoms with E-state index < -0.39 is 6.10 Å². The van der Waals surface area contributed by atoms with E-state index >= 15 is 0 Å². The Hall–Kier alpha value is -1.05. The van der Waals surface area contributed by atoms with Gasteiger partial charge in [-0.25, -0.2) is 0 Å². The predicted molar refractivity (Wildman–Crippen MR) is 72.8 cm³/mol. The lowest BCUT2D eigenvalue weighted by atomic mass is 10.1. The van der Waals surface area contributed by atoms with Gasteiger partial charge in [0.2, 0.25) is 0 Å². The molecule has 1 N–H and O–H groups in total. The summed E-state index contributed by atoms with van der Waals surface area (Å²) in [6.45, 7) is 4.28. The van der Waals surface area contributed by atoms with Crippen molar-refractivity contribution in [2.75, 3.05) is 18.5 Å². The van der Waals surface area contributed by atoms with Gasteiger partial charge in [-0.3, -0.25) is 0 Å². The van der Waals surface area contributed by atoms with E-state index in [0.717, 1.165) is 15.7 Å². The SMILES string of the molecule is CC(C#N)CN(C)c1ccc(Br)cc1C(C)O. The summed E-state index contributed by atoms with van der Waals surface area (Å²) in [4.78, 5) is 2.00. The molecule has 0 amide bonds. The first-order chi connectivity index (χ1) is 7.95. The van der Waals surface area contributed by atoms with Crippen molar-refractivity contribution in [3.05, 3.63) is 28.2 Å². The number of nitriles is 1. The summed E-state index contributed by atoms with van der Waals surface area (Å²) in [6.07, 6.45) is -0.526. The molecule has 0 aliphatic heterocycles. The first-order valence-electron chi connectivity index (χ1n) is 5.54. The molecule has 0 saturated carbocycles. The van der Waals surface area contributed by atoms with E-state index in [-0.39, 0.29) is 5.92 Å². The van der Waals surface area contributed by atoms with Crippen LogP contribution in [0.4, 0.5) is 5.69 Å². The van der Waals surface area contributed by atoms with E-state index in [1.807, 2.05) is 37.1 Å². The van der Waals surface area contributed by atoms with Gasteiger partial charge in [0, 0.05) is 29.3 Å². The van der Waals surface area contributed by atoms with Crippen LogP contribution in [0.15, 0.2) is 22.7 Å². The normalized spacial score (nSPS) is 13.9. The molecule has 0 fully saturated rings. The highest BCUT2D eigenvalue weighted by atomic mass is 79.9. The largest absolute Gasteiger partial charge is 0.389 e. The molecule has 4 heteroatoms. The lowest BCUT2D eigenvalue weighted by Gasteiger charge is -2.24. The van der Waals surface area contributed by atoms with E-state index in [1.54, 1.807) is 6.92 Å². The van der Waals surface area contributed by atoms with Crippen LogP contribution in [-0.2, 0) is 0 Å². The van der Waals surface area contributed by atoms with E-state index in [2.05, 4.69) is 22.0 Å². The molecule has 3 nitrogen and oxygen atoms in total. The number of halogens is 1. The zero-order valence-corrected chi connectivity index (χ0v) is 11.9. The van der Waals surface area contributed by atoms with Crippen molar-refractivity contribution in [3.63, 3.8) is 0 Å². The van der Waals surface area contributed by atoms with Gasteiger partial charge in [0.1, 0.15) is 0 Å². The quantitative estimate of drug-likeness (QED) is 0.929. The van der Waals surface area contributed by atoms with Crippen LogP contribution < -0.4 is 4.90 Å². The van der Waals surface area contributed by atoms with Crippen LogP contribution in [-0.4, -0.2) is 18.7 Å². The average molecular weight is 297 g/mol. The number of anilines is 1. The monoisotopic (exact) mass is 296 g/mol. The van der Waals surface area contributed by atoms with Gasteiger partial charge in [0.15, 0.2) is 0 Å². The lowest BCUT2D eigenvalue weighted by Crippen LogP contribution is -2.24. The molecule has 0 bridgehead atoms. The first kappa shape index (κ1) is 14.0. The maximum absolute atomic E-state index is 9.76. The minimum atomic E-state index is -0.526. The molecular formula is C13H17BrN2O. The fraction of sp³-hybridized carbons (Fsp3) is 0.462. The molecular weight excluding hydrogens is 280 g/mol. The molecule has 2 unspecified atom stereocenters. The number of hydrogen-bond acceptors (Lipinski definition) is 3. The fourth-order valence-corrected chi connectivity index (χ4v) is 2.14. The summed E-state index contributed by atoms with van der Waals surface area (Å²) >= 11 is 3.40. The van der Waals surface area contributed by atoms with Gasteiger partial charge < -0.3 is 10.0 Å². The van der Waals surface area contributed by atoms with Crippen molar-refractivity contribution in [3.8, 4) is 6.07 Å². The molecule has 17 heavy (non-hydrogen) atoms. The molecule has 0 heterocycles. The Balaban J connectivity index is 3.01. The number of nitrogens with zero attached hydrogens (tertiary/aromatic N) is 2. The minimum absolute atomic E-state index is 0.0366. The number of benzene rings is 1. The van der Waals surface area contributed by atoms with Crippen LogP contribution >= 0.6 is 15.9 Å². The van der Waals surface area contributed by atoms with Crippen molar-refractivity contribution in [1.29, 1.82) is 5.26 Å². The van der Waals surface area contributed by atoms with E-state index in [1.165, 1.54) is 0 Å². The molecule has 1 aromatic carbocycles. The van der Waals surface area contributed by atoms with Gasteiger partial charge in [0.25, 0.3) is 0 Å². The first-order valence-corrected chi connectivity index (χ1v) is 6.33. The molecule has 0 spiro atoms. The average Bonchev–Trinajstić information content (AvgIpc) is 2.28. The summed E-state index contributed by atoms with van der Waals surface area (Å²) in [7, 11) is 1.93. The van der Waals surface area contributed by atoms with Gasteiger partial charge in [-0.2, -0.15) is 5.26 Å². The number of rotatable bonds is 4. The Morgan fingerprint density at radius 1 is 1.47 bits per heavy atom.